The number of ether oxygens (including phenoxy) is 1. The Morgan fingerprint density at radius 3 is 2.67 bits per heavy atom. The molecule has 1 heterocycles. The van der Waals surface area contributed by atoms with Gasteiger partial charge in [-0.2, -0.15) is 0 Å². The molecular weight excluding hydrogens is 258 g/mol. The molecule has 0 N–H and O–H groups in total. The van der Waals surface area contributed by atoms with E-state index in [1.54, 1.807) is 18.5 Å². The van der Waals surface area contributed by atoms with Crippen molar-refractivity contribution < 1.29 is 9.66 Å². The van der Waals surface area contributed by atoms with Gasteiger partial charge in [-0.1, -0.05) is 11.6 Å². The van der Waals surface area contributed by atoms with Crippen molar-refractivity contribution in [1.82, 2.24) is 9.97 Å². The molecule has 0 aliphatic carbocycles. The molecule has 18 heavy (non-hydrogen) atoms. The summed E-state index contributed by atoms with van der Waals surface area (Å²) in [6.45, 7) is 0.176. The molecule has 0 amide bonds. The van der Waals surface area contributed by atoms with Gasteiger partial charge in [0.1, 0.15) is 17.4 Å². The van der Waals surface area contributed by atoms with Crippen LogP contribution in [0.1, 0.15) is 5.82 Å². The smallest absolute Gasteiger partial charge is 0.288 e. The zero-order valence-electron chi connectivity index (χ0n) is 9.12. The van der Waals surface area contributed by atoms with E-state index in [2.05, 4.69) is 9.97 Å². The lowest BCUT2D eigenvalue weighted by atomic mass is 10.3. The molecule has 1 aromatic heterocycles. The van der Waals surface area contributed by atoms with E-state index in [-0.39, 0.29) is 17.3 Å². The Kier molecular flexibility index (Phi) is 3.69. The molecule has 0 saturated carbocycles. The normalized spacial score (nSPS) is 10.1. The first-order valence-electron chi connectivity index (χ1n) is 4.99. The van der Waals surface area contributed by atoms with Crippen molar-refractivity contribution in [1.29, 1.82) is 0 Å². The van der Waals surface area contributed by atoms with E-state index in [1.807, 2.05) is 0 Å². The molecule has 0 fully saturated rings. The molecule has 2 aromatic rings. The molecule has 0 spiro atoms. The van der Waals surface area contributed by atoms with Gasteiger partial charge in [-0.25, -0.2) is 9.97 Å². The first-order chi connectivity index (χ1) is 8.66. The summed E-state index contributed by atoms with van der Waals surface area (Å²) >= 11 is 5.75. The van der Waals surface area contributed by atoms with Gasteiger partial charge in [0, 0.05) is 24.5 Å². The Morgan fingerprint density at radius 1 is 1.33 bits per heavy atom. The van der Waals surface area contributed by atoms with Crippen LogP contribution in [0.15, 0.2) is 36.7 Å². The van der Waals surface area contributed by atoms with Crippen molar-refractivity contribution in [3.05, 3.63) is 57.6 Å². The largest absolute Gasteiger partial charge is 0.486 e. The topological polar surface area (TPSA) is 78.2 Å². The molecule has 7 heteroatoms. The SMILES string of the molecule is O=[N+]([O-])c1ccc(OCc2ncccn2)cc1Cl. The second kappa shape index (κ2) is 5.42. The Morgan fingerprint density at radius 2 is 2.06 bits per heavy atom. The summed E-state index contributed by atoms with van der Waals surface area (Å²) in [5, 5.41) is 10.6. The first kappa shape index (κ1) is 12.3. The molecular formula is C11H8ClN3O3. The standard InChI is InChI=1S/C11H8ClN3O3/c12-9-6-8(2-3-10(9)15(16)17)18-7-11-13-4-1-5-14-11/h1-6H,7H2. The summed E-state index contributed by atoms with van der Waals surface area (Å²) in [7, 11) is 0. The Hall–Kier alpha value is -2.21. The van der Waals surface area contributed by atoms with E-state index in [4.69, 9.17) is 16.3 Å². The van der Waals surface area contributed by atoms with Gasteiger partial charge in [-0.05, 0) is 12.1 Å². The Balaban J connectivity index is 2.07. The minimum Gasteiger partial charge on any atom is -0.486 e. The minimum absolute atomic E-state index is 0.0338. The molecule has 0 atom stereocenters. The van der Waals surface area contributed by atoms with E-state index >= 15 is 0 Å². The molecule has 0 bridgehead atoms. The second-order valence-corrected chi connectivity index (χ2v) is 3.73. The number of hydrogen-bond acceptors (Lipinski definition) is 5. The monoisotopic (exact) mass is 265 g/mol. The molecule has 1 aromatic carbocycles. The number of nitro groups is 1. The third-order valence-electron chi connectivity index (χ3n) is 2.10. The van der Waals surface area contributed by atoms with Gasteiger partial charge >= 0.3 is 0 Å². The van der Waals surface area contributed by atoms with Crippen LogP contribution in [-0.2, 0) is 6.61 Å². The maximum absolute atomic E-state index is 10.6. The third kappa shape index (κ3) is 2.92. The van der Waals surface area contributed by atoms with Gasteiger partial charge in [0.25, 0.3) is 5.69 Å². The lowest BCUT2D eigenvalue weighted by molar-refractivity contribution is -0.384. The average Bonchev–Trinajstić information content (AvgIpc) is 2.37. The van der Waals surface area contributed by atoms with Crippen LogP contribution < -0.4 is 4.74 Å². The second-order valence-electron chi connectivity index (χ2n) is 3.32. The lowest BCUT2D eigenvalue weighted by Gasteiger charge is -2.05. The van der Waals surface area contributed by atoms with Crippen LogP contribution in [0.2, 0.25) is 5.02 Å². The van der Waals surface area contributed by atoms with E-state index in [9.17, 15) is 10.1 Å². The van der Waals surface area contributed by atoms with E-state index in [0.29, 0.717) is 11.6 Å². The highest BCUT2D eigenvalue weighted by Crippen LogP contribution is 2.28. The number of rotatable bonds is 4. The van der Waals surface area contributed by atoms with Gasteiger partial charge < -0.3 is 4.74 Å². The quantitative estimate of drug-likeness (QED) is 0.627. The summed E-state index contributed by atoms with van der Waals surface area (Å²) in [6, 6.07) is 5.87. The van der Waals surface area contributed by atoms with Crippen molar-refractivity contribution in [3.8, 4) is 5.75 Å². The summed E-state index contributed by atoms with van der Waals surface area (Å²) in [6.07, 6.45) is 3.21. The molecule has 0 aliphatic heterocycles. The Labute approximate surface area is 107 Å². The fourth-order valence-corrected chi connectivity index (χ4v) is 1.52. The van der Waals surface area contributed by atoms with Crippen LogP contribution >= 0.6 is 11.6 Å². The van der Waals surface area contributed by atoms with Crippen LogP contribution in [0, 0.1) is 10.1 Å². The summed E-state index contributed by atoms with van der Waals surface area (Å²) < 4.78 is 5.38. The number of aromatic nitrogens is 2. The maximum Gasteiger partial charge on any atom is 0.288 e. The summed E-state index contributed by atoms with van der Waals surface area (Å²) in [5.41, 5.74) is -0.153. The predicted octanol–water partition coefficient (Wildman–Crippen LogP) is 2.62. The zero-order chi connectivity index (χ0) is 13.0. The van der Waals surface area contributed by atoms with Crippen molar-refractivity contribution >= 4 is 17.3 Å². The van der Waals surface area contributed by atoms with Crippen molar-refractivity contribution in [2.45, 2.75) is 6.61 Å². The summed E-state index contributed by atoms with van der Waals surface area (Å²) in [4.78, 5) is 18.0. The fourth-order valence-electron chi connectivity index (χ4n) is 1.28. The number of hydrogen-bond donors (Lipinski definition) is 0. The molecule has 0 aliphatic rings. The first-order valence-corrected chi connectivity index (χ1v) is 5.37. The van der Waals surface area contributed by atoms with Crippen molar-refractivity contribution in [2.24, 2.45) is 0 Å². The van der Waals surface area contributed by atoms with Crippen LogP contribution in [0.5, 0.6) is 5.75 Å². The molecule has 92 valence electrons. The van der Waals surface area contributed by atoms with Crippen molar-refractivity contribution in [2.75, 3.05) is 0 Å². The van der Waals surface area contributed by atoms with Crippen molar-refractivity contribution in [3.63, 3.8) is 0 Å². The Bertz CT molecular complexity index is 563. The molecule has 0 unspecified atom stereocenters. The van der Waals surface area contributed by atoms with Gasteiger partial charge in [0.05, 0.1) is 4.92 Å². The van der Waals surface area contributed by atoms with Gasteiger partial charge in [0.2, 0.25) is 0 Å². The highest BCUT2D eigenvalue weighted by Gasteiger charge is 2.12. The number of benzene rings is 1. The number of nitrogens with zero attached hydrogens (tertiary/aromatic N) is 3. The van der Waals surface area contributed by atoms with E-state index in [0.717, 1.165) is 0 Å². The van der Waals surface area contributed by atoms with E-state index in [1.165, 1.54) is 18.2 Å². The highest BCUT2D eigenvalue weighted by atomic mass is 35.5. The van der Waals surface area contributed by atoms with Crippen LogP contribution in [0.4, 0.5) is 5.69 Å². The summed E-state index contributed by atoms with van der Waals surface area (Å²) in [5.74, 6) is 0.949. The number of nitro benzene ring substituents is 1. The molecule has 2 rings (SSSR count). The van der Waals surface area contributed by atoms with Crippen LogP contribution in [-0.4, -0.2) is 14.9 Å². The van der Waals surface area contributed by atoms with Gasteiger partial charge in [0.15, 0.2) is 5.82 Å². The number of halogens is 1. The lowest BCUT2D eigenvalue weighted by Crippen LogP contribution is -2.00. The van der Waals surface area contributed by atoms with Gasteiger partial charge in [-0.15, -0.1) is 0 Å². The van der Waals surface area contributed by atoms with Crippen LogP contribution in [0.25, 0.3) is 0 Å². The highest BCUT2D eigenvalue weighted by molar-refractivity contribution is 6.32. The fraction of sp³-hybridized carbons (Fsp3) is 0.0909. The zero-order valence-corrected chi connectivity index (χ0v) is 9.87. The predicted molar refractivity (Wildman–Crippen MR) is 64.5 cm³/mol. The molecule has 0 radical (unpaired) electrons. The van der Waals surface area contributed by atoms with E-state index < -0.39 is 4.92 Å². The molecule has 0 saturated heterocycles. The maximum atomic E-state index is 10.6. The molecule has 6 nitrogen and oxygen atoms in total. The average molecular weight is 266 g/mol. The third-order valence-corrected chi connectivity index (χ3v) is 2.41. The minimum atomic E-state index is -0.549. The van der Waals surface area contributed by atoms with Gasteiger partial charge in [-0.3, -0.25) is 10.1 Å². The van der Waals surface area contributed by atoms with Crippen LogP contribution in [0.3, 0.4) is 0 Å².